The zero-order chi connectivity index (χ0) is 14.9. The zero-order valence-corrected chi connectivity index (χ0v) is 12.7. The molecule has 2 fully saturated rings. The van der Waals surface area contributed by atoms with E-state index in [0.717, 1.165) is 63.9 Å². The van der Waals surface area contributed by atoms with Crippen LogP contribution in [0.5, 0.6) is 0 Å². The molecule has 2 atom stereocenters. The molecule has 0 aliphatic carbocycles. The van der Waals surface area contributed by atoms with Crippen molar-refractivity contribution >= 4 is 5.82 Å². The second-order valence-corrected chi connectivity index (χ2v) is 6.24. The first-order chi connectivity index (χ1) is 10.8. The first-order valence-electron chi connectivity index (χ1n) is 8.11. The van der Waals surface area contributed by atoms with E-state index in [0.29, 0.717) is 6.54 Å². The van der Waals surface area contributed by atoms with E-state index in [1.54, 1.807) is 6.33 Å². The molecule has 4 rings (SSSR count). The maximum absolute atomic E-state index is 10.5. The molecular weight excluding hydrogens is 282 g/mol. The topological polar surface area (TPSA) is 73.8 Å². The average molecular weight is 305 g/mol. The molecule has 7 heteroatoms. The number of nitrogens with one attached hydrogen (secondary N) is 1. The van der Waals surface area contributed by atoms with Crippen molar-refractivity contribution in [1.82, 2.24) is 20.2 Å². The predicted molar refractivity (Wildman–Crippen MR) is 81.8 cm³/mol. The first-order valence-corrected chi connectivity index (χ1v) is 8.11. The maximum Gasteiger partial charge on any atom is 0.135 e. The van der Waals surface area contributed by atoms with Crippen LogP contribution < -0.4 is 10.2 Å². The highest BCUT2D eigenvalue weighted by Gasteiger charge is 2.37. The van der Waals surface area contributed by atoms with Crippen molar-refractivity contribution in [3.05, 3.63) is 17.6 Å². The number of aliphatic hydroxyl groups excluding tert-OH is 1. The summed E-state index contributed by atoms with van der Waals surface area (Å²) in [6.45, 7) is 6.60. The normalized spacial score (nSPS) is 29.6. The third-order valence-electron chi connectivity index (χ3n) is 4.93. The maximum atomic E-state index is 10.5. The Morgan fingerprint density at radius 3 is 2.95 bits per heavy atom. The summed E-state index contributed by atoms with van der Waals surface area (Å²) < 4.78 is 5.42. The number of hydrogen-bond acceptors (Lipinski definition) is 7. The van der Waals surface area contributed by atoms with Gasteiger partial charge in [-0.05, 0) is 13.0 Å². The van der Waals surface area contributed by atoms with Crippen LogP contribution in [0.1, 0.15) is 11.3 Å². The second kappa shape index (κ2) is 6.08. The van der Waals surface area contributed by atoms with Gasteiger partial charge >= 0.3 is 0 Å². The van der Waals surface area contributed by atoms with Crippen LogP contribution in [0.15, 0.2) is 6.33 Å². The smallest absolute Gasteiger partial charge is 0.135 e. The summed E-state index contributed by atoms with van der Waals surface area (Å²) in [4.78, 5) is 13.5. The van der Waals surface area contributed by atoms with Crippen molar-refractivity contribution < 1.29 is 9.84 Å². The zero-order valence-electron chi connectivity index (χ0n) is 12.7. The fourth-order valence-corrected chi connectivity index (χ4v) is 3.75. The van der Waals surface area contributed by atoms with Gasteiger partial charge in [0.15, 0.2) is 0 Å². The van der Waals surface area contributed by atoms with Crippen molar-refractivity contribution in [3.63, 3.8) is 0 Å². The fourth-order valence-electron chi connectivity index (χ4n) is 3.75. The molecule has 0 saturated carbocycles. The molecular formula is C15H23N5O2. The molecule has 2 saturated heterocycles. The van der Waals surface area contributed by atoms with Gasteiger partial charge in [-0.2, -0.15) is 0 Å². The van der Waals surface area contributed by atoms with Gasteiger partial charge in [0.05, 0.1) is 31.1 Å². The fraction of sp³-hybridized carbons (Fsp3) is 0.733. The quantitative estimate of drug-likeness (QED) is 0.726. The van der Waals surface area contributed by atoms with Crippen LogP contribution in [-0.4, -0.2) is 78.1 Å². The van der Waals surface area contributed by atoms with Gasteiger partial charge in [-0.15, -0.1) is 0 Å². The molecule has 0 aromatic carbocycles. The van der Waals surface area contributed by atoms with E-state index in [9.17, 15) is 5.11 Å². The van der Waals surface area contributed by atoms with Crippen molar-refractivity contribution in [2.75, 3.05) is 50.8 Å². The SMILES string of the molecule is O[C@H]1CN(c2ncnc3c2CCNC3)C[C@@H]1N1CCOCC1. The Kier molecular flexibility index (Phi) is 3.96. The monoisotopic (exact) mass is 305 g/mol. The molecule has 7 nitrogen and oxygen atoms in total. The van der Waals surface area contributed by atoms with Gasteiger partial charge in [0, 0.05) is 38.3 Å². The Balaban J connectivity index is 1.54. The Labute approximate surface area is 130 Å². The number of ether oxygens (including phenoxy) is 1. The van der Waals surface area contributed by atoms with Crippen molar-refractivity contribution in [2.24, 2.45) is 0 Å². The average Bonchev–Trinajstić information content (AvgIpc) is 2.97. The Bertz CT molecular complexity index is 535. The van der Waals surface area contributed by atoms with E-state index in [-0.39, 0.29) is 12.1 Å². The van der Waals surface area contributed by atoms with Crippen molar-refractivity contribution in [2.45, 2.75) is 25.1 Å². The summed E-state index contributed by atoms with van der Waals surface area (Å²) >= 11 is 0. The summed E-state index contributed by atoms with van der Waals surface area (Å²) in [6.07, 6.45) is 2.28. The van der Waals surface area contributed by atoms with Crippen LogP contribution in [-0.2, 0) is 17.7 Å². The van der Waals surface area contributed by atoms with Crippen LogP contribution in [0.25, 0.3) is 0 Å². The summed E-state index contributed by atoms with van der Waals surface area (Å²) in [5.74, 6) is 1.02. The highest BCUT2D eigenvalue weighted by molar-refractivity contribution is 5.51. The Morgan fingerprint density at radius 1 is 1.23 bits per heavy atom. The standard InChI is InChI=1S/C15H23N5O2/c21-14-9-20(8-13(14)19-3-5-22-6-4-19)15-11-1-2-16-7-12(11)17-10-18-15/h10,13-14,16,21H,1-9H2/t13-,14-/m0/s1. The van der Waals surface area contributed by atoms with Crippen LogP contribution >= 0.6 is 0 Å². The molecule has 0 spiro atoms. The first kappa shape index (κ1) is 14.3. The number of anilines is 1. The third-order valence-corrected chi connectivity index (χ3v) is 4.93. The molecule has 0 radical (unpaired) electrons. The Morgan fingerprint density at radius 2 is 2.09 bits per heavy atom. The Hall–Kier alpha value is -1.28. The number of rotatable bonds is 2. The van der Waals surface area contributed by atoms with Gasteiger partial charge in [0.1, 0.15) is 12.1 Å². The van der Waals surface area contributed by atoms with E-state index in [1.807, 2.05) is 0 Å². The lowest BCUT2D eigenvalue weighted by Crippen LogP contribution is -2.48. The molecule has 0 unspecified atom stereocenters. The van der Waals surface area contributed by atoms with E-state index >= 15 is 0 Å². The molecule has 1 aromatic heterocycles. The van der Waals surface area contributed by atoms with Gasteiger partial charge in [-0.1, -0.05) is 0 Å². The number of β-amino-alcohol motifs (C(OH)–C–C–N with tert-alkyl or cyclic N) is 1. The third kappa shape index (κ3) is 2.58. The second-order valence-electron chi connectivity index (χ2n) is 6.24. The molecule has 120 valence electrons. The van der Waals surface area contributed by atoms with E-state index in [2.05, 4.69) is 25.1 Å². The molecule has 22 heavy (non-hydrogen) atoms. The van der Waals surface area contributed by atoms with Crippen LogP contribution in [0, 0.1) is 0 Å². The predicted octanol–water partition coefficient (Wildman–Crippen LogP) is -0.996. The van der Waals surface area contributed by atoms with Crippen molar-refractivity contribution in [1.29, 1.82) is 0 Å². The van der Waals surface area contributed by atoms with Crippen molar-refractivity contribution in [3.8, 4) is 0 Å². The number of aromatic nitrogens is 2. The van der Waals surface area contributed by atoms with Gasteiger partial charge in [-0.25, -0.2) is 9.97 Å². The number of morpholine rings is 1. The minimum atomic E-state index is -0.328. The van der Waals surface area contributed by atoms with E-state index in [1.165, 1.54) is 5.56 Å². The molecule has 3 aliphatic heterocycles. The number of aliphatic hydroxyl groups is 1. The number of nitrogens with zero attached hydrogens (tertiary/aromatic N) is 4. The molecule has 0 bridgehead atoms. The van der Waals surface area contributed by atoms with E-state index in [4.69, 9.17) is 4.74 Å². The van der Waals surface area contributed by atoms with Gasteiger partial charge in [0.25, 0.3) is 0 Å². The van der Waals surface area contributed by atoms with Crippen LogP contribution in [0.3, 0.4) is 0 Å². The molecule has 3 aliphatic rings. The summed E-state index contributed by atoms with van der Waals surface area (Å²) in [5, 5.41) is 13.8. The minimum Gasteiger partial charge on any atom is -0.390 e. The highest BCUT2D eigenvalue weighted by atomic mass is 16.5. The molecule has 1 aromatic rings. The van der Waals surface area contributed by atoms with Crippen LogP contribution in [0.4, 0.5) is 5.82 Å². The lowest BCUT2D eigenvalue weighted by atomic mass is 10.1. The minimum absolute atomic E-state index is 0.177. The van der Waals surface area contributed by atoms with E-state index < -0.39 is 0 Å². The lowest BCUT2D eigenvalue weighted by molar-refractivity contribution is -0.00588. The summed E-state index contributed by atoms with van der Waals surface area (Å²) in [6, 6.07) is 0.177. The van der Waals surface area contributed by atoms with Crippen LogP contribution in [0.2, 0.25) is 0 Å². The molecule has 4 heterocycles. The summed E-state index contributed by atoms with van der Waals surface area (Å²) in [7, 11) is 0. The number of hydrogen-bond donors (Lipinski definition) is 2. The molecule has 0 amide bonds. The highest BCUT2D eigenvalue weighted by Crippen LogP contribution is 2.27. The summed E-state index contributed by atoms with van der Waals surface area (Å²) in [5.41, 5.74) is 2.34. The largest absolute Gasteiger partial charge is 0.390 e. The van der Waals surface area contributed by atoms with Gasteiger partial charge in [-0.3, -0.25) is 4.90 Å². The van der Waals surface area contributed by atoms with Gasteiger partial charge in [0.2, 0.25) is 0 Å². The number of fused-ring (bicyclic) bond motifs is 1. The molecule has 2 N–H and O–H groups in total. The van der Waals surface area contributed by atoms with Gasteiger partial charge < -0.3 is 20.1 Å². The lowest BCUT2D eigenvalue weighted by Gasteiger charge is -2.33.